The second-order valence-electron chi connectivity index (χ2n) is 7.44. The van der Waals surface area contributed by atoms with E-state index in [1.165, 1.54) is 16.7 Å². The van der Waals surface area contributed by atoms with Gasteiger partial charge >= 0.3 is 0 Å². The number of carbonyl (C=O) groups is 1. The topological polar surface area (TPSA) is 25.2 Å². The van der Waals surface area contributed by atoms with Gasteiger partial charge in [-0.3, -0.25) is 9.69 Å². The fourth-order valence-corrected chi connectivity index (χ4v) is 5.56. The first kappa shape index (κ1) is 22.5. The molecule has 0 saturated carbocycles. The third-order valence-electron chi connectivity index (χ3n) is 5.36. The highest BCUT2D eigenvalue weighted by atomic mass is 35.5. The van der Waals surface area contributed by atoms with Crippen LogP contribution in [0.2, 0.25) is 15.1 Å². The number of halogens is 3. The minimum Gasteiger partial charge on any atom is -0.342 e. The van der Waals surface area contributed by atoms with Gasteiger partial charge < -0.3 is 4.57 Å². The van der Waals surface area contributed by atoms with Crippen LogP contribution in [0, 0.1) is 0 Å². The fraction of sp³-hybridized carbons (Fsp3) is 0.0400. The van der Waals surface area contributed by atoms with Crippen molar-refractivity contribution in [3.8, 4) is 0 Å². The maximum Gasteiger partial charge on any atom is 0.270 e. The van der Waals surface area contributed by atoms with Crippen LogP contribution in [0.1, 0.15) is 11.1 Å². The van der Waals surface area contributed by atoms with Crippen LogP contribution in [0.15, 0.2) is 77.8 Å². The Bertz CT molecular complexity index is 1460. The summed E-state index contributed by atoms with van der Waals surface area (Å²) in [5.41, 5.74) is 3.62. The smallest absolute Gasteiger partial charge is 0.270 e. The Morgan fingerprint density at radius 2 is 1.67 bits per heavy atom. The predicted molar refractivity (Wildman–Crippen MR) is 145 cm³/mol. The Labute approximate surface area is 215 Å². The van der Waals surface area contributed by atoms with Crippen molar-refractivity contribution < 1.29 is 4.79 Å². The molecule has 8 heteroatoms. The van der Waals surface area contributed by atoms with Crippen molar-refractivity contribution in [2.75, 3.05) is 4.90 Å². The number of hydrogen-bond donors (Lipinski definition) is 0. The molecule has 5 rings (SSSR count). The molecule has 0 N–H and O–H groups in total. The largest absolute Gasteiger partial charge is 0.342 e. The molecule has 1 fully saturated rings. The third-order valence-corrected chi connectivity index (χ3v) is 7.77. The van der Waals surface area contributed by atoms with Gasteiger partial charge in [-0.05, 0) is 42.0 Å². The zero-order valence-electron chi connectivity index (χ0n) is 17.0. The van der Waals surface area contributed by atoms with E-state index in [-0.39, 0.29) is 5.91 Å². The van der Waals surface area contributed by atoms with Gasteiger partial charge in [-0.1, -0.05) is 95.2 Å². The third kappa shape index (κ3) is 4.32. The zero-order valence-corrected chi connectivity index (χ0v) is 20.9. The number of fused-ring (bicyclic) bond motifs is 1. The molecule has 0 bridgehead atoms. The molecule has 4 aromatic rings. The summed E-state index contributed by atoms with van der Waals surface area (Å²) < 4.78 is 2.59. The summed E-state index contributed by atoms with van der Waals surface area (Å²) in [4.78, 5) is 15.3. The van der Waals surface area contributed by atoms with E-state index in [1.807, 2.05) is 54.7 Å². The molecule has 0 unspecified atom stereocenters. The lowest BCUT2D eigenvalue weighted by atomic mass is 10.1. The minimum absolute atomic E-state index is 0.189. The summed E-state index contributed by atoms with van der Waals surface area (Å²) in [6.07, 6.45) is 3.93. The monoisotopic (exact) mass is 528 g/mol. The molecule has 3 aromatic carbocycles. The van der Waals surface area contributed by atoms with E-state index < -0.39 is 0 Å². The van der Waals surface area contributed by atoms with Crippen molar-refractivity contribution in [1.82, 2.24) is 4.57 Å². The van der Waals surface area contributed by atoms with E-state index >= 15 is 0 Å². The van der Waals surface area contributed by atoms with Crippen LogP contribution < -0.4 is 4.90 Å². The lowest BCUT2D eigenvalue weighted by molar-refractivity contribution is -0.113. The van der Waals surface area contributed by atoms with Crippen LogP contribution in [-0.2, 0) is 11.3 Å². The minimum atomic E-state index is -0.189. The van der Waals surface area contributed by atoms with Crippen molar-refractivity contribution in [3.05, 3.63) is 104 Å². The van der Waals surface area contributed by atoms with Crippen LogP contribution in [0.5, 0.6) is 0 Å². The quantitative estimate of drug-likeness (QED) is 0.197. The standard InChI is InChI=1S/C25H15Cl3N2OS2/c26-19-7-3-1-5-15(19)13-29-14-16(18-6-2-4-8-22(18)29)11-23-24(31)30(25(32)33-23)17-9-10-20(27)21(28)12-17/h1-12,14H,13H2/b23-11-. The van der Waals surface area contributed by atoms with Gasteiger partial charge in [0.15, 0.2) is 4.32 Å². The number of nitrogens with zero attached hydrogens (tertiary/aromatic N) is 2. The maximum absolute atomic E-state index is 13.2. The lowest BCUT2D eigenvalue weighted by Gasteiger charge is -2.15. The summed E-state index contributed by atoms with van der Waals surface area (Å²) in [6, 6.07) is 20.9. The Morgan fingerprint density at radius 3 is 2.45 bits per heavy atom. The number of aromatic nitrogens is 1. The summed E-state index contributed by atoms with van der Waals surface area (Å²) in [6.45, 7) is 0.623. The average Bonchev–Trinajstić information content (AvgIpc) is 3.28. The second kappa shape index (κ2) is 9.16. The van der Waals surface area contributed by atoms with E-state index in [2.05, 4.69) is 10.6 Å². The fourth-order valence-electron chi connectivity index (χ4n) is 3.79. The van der Waals surface area contributed by atoms with E-state index in [9.17, 15) is 4.79 Å². The molecule has 1 aliphatic heterocycles. The van der Waals surface area contributed by atoms with Crippen LogP contribution >= 0.6 is 58.8 Å². The molecule has 1 saturated heterocycles. The molecule has 1 aliphatic rings. The van der Waals surface area contributed by atoms with Gasteiger partial charge in [0.05, 0.1) is 20.6 Å². The SMILES string of the molecule is O=C1/C(=C/c2cn(Cc3ccccc3Cl)c3ccccc23)SC(=S)N1c1ccc(Cl)c(Cl)c1. The molecular weight excluding hydrogens is 515 g/mol. The first-order valence-corrected chi connectivity index (χ1v) is 12.3. The first-order chi connectivity index (χ1) is 15.9. The number of thiocarbonyl (C=S) groups is 1. The highest BCUT2D eigenvalue weighted by Gasteiger charge is 2.33. The van der Waals surface area contributed by atoms with Gasteiger partial charge in [-0.2, -0.15) is 0 Å². The molecule has 1 amide bonds. The number of amides is 1. The average molecular weight is 530 g/mol. The van der Waals surface area contributed by atoms with Crippen molar-refractivity contribution in [1.29, 1.82) is 0 Å². The van der Waals surface area contributed by atoms with Crippen LogP contribution in [0.4, 0.5) is 5.69 Å². The predicted octanol–water partition coefficient (Wildman–Crippen LogP) is 8.06. The van der Waals surface area contributed by atoms with Gasteiger partial charge in [0.25, 0.3) is 5.91 Å². The van der Waals surface area contributed by atoms with E-state index in [1.54, 1.807) is 18.2 Å². The zero-order chi connectivity index (χ0) is 23.1. The van der Waals surface area contributed by atoms with Gasteiger partial charge in [0, 0.05) is 34.2 Å². The van der Waals surface area contributed by atoms with Crippen LogP contribution in [0.3, 0.4) is 0 Å². The number of benzene rings is 3. The normalized spacial score (nSPS) is 15.2. The number of carbonyl (C=O) groups excluding carboxylic acids is 1. The van der Waals surface area contributed by atoms with Crippen LogP contribution in [-0.4, -0.2) is 14.8 Å². The number of thioether (sulfide) groups is 1. The van der Waals surface area contributed by atoms with Crippen molar-refractivity contribution >= 4 is 91.7 Å². The summed E-state index contributed by atoms with van der Waals surface area (Å²) in [7, 11) is 0. The van der Waals surface area contributed by atoms with Gasteiger partial charge in [0.2, 0.25) is 0 Å². The molecule has 3 nitrogen and oxygen atoms in total. The molecule has 1 aromatic heterocycles. The number of para-hydroxylation sites is 1. The number of rotatable bonds is 4. The molecule has 33 heavy (non-hydrogen) atoms. The number of hydrogen-bond acceptors (Lipinski definition) is 3. The van der Waals surface area contributed by atoms with E-state index in [4.69, 9.17) is 47.0 Å². The Kier molecular flexibility index (Phi) is 6.25. The van der Waals surface area contributed by atoms with Gasteiger partial charge in [-0.15, -0.1) is 0 Å². The maximum atomic E-state index is 13.2. The van der Waals surface area contributed by atoms with Crippen molar-refractivity contribution in [3.63, 3.8) is 0 Å². The first-order valence-electron chi connectivity index (χ1n) is 9.96. The van der Waals surface area contributed by atoms with Crippen molar-refractivity contribution in [2.24, 2.45) is 0 Å². The highest BCUT2D eigenvalue weighted by Crippen LogP contribution is 2.39. The second-order valence-corrected chi connectivity index (χ2v) is 10.3. The Morgan fingerprint density at radius 1 is 0.909 bits per heavy atom. The van der Waals surface area contributed by atoms with E-state index in [0.717, 1.165) is 27.1 Å². The Balaban J connectivity index is 1.53. The molecule has 2 heterocycles. The summed E-state index contributed by atoms with van der Waals surface area (Å²) >= 11 is 25.3. The van der Waals surface area contributed by atoms with Crippen LogP contribution in [0.25, 0.3) is 17.0 Å². The molecule has 0 spiro atoms. The summed E-state index contributed by atoms with van der Waals surface area (Å²) in [5, 5.41) is 2.56. The molecule has 164 valence electrons. The van der Waals surface area contributed by atoms with Crippen molar-refractivity contribution in [2.45, 2.75) is 6.54 Å². The highest BCUT2D eigenvalue weighted by molar-refractivity contribution is 8.27. The lowest BCUT2D eigenvalue weighted by Crippen LogP contribution is -2.27. The molecule has 0 aliphatic carbocycles. The Hall–Kier alpha value is -2.28. The van der Waals surface area contributed by atoms with E-state index in [0.29, 0.717) is 31.5 Å². The molecular formula is C25H15Cl3N2OS2. The van der Waals surface area contributed by atoms with Gasteiger partial charge in [-0.25, -0.2) is 0 Å². The summed E-state index contributed by atoms with van der Waals surface area (Å²) in [5.74, 6) is -0.189. The molecule has 0 radical (unpaired) electrons. The molecule has 0 atom stereocenters. The number of anilines is 1. The van der Waals surface area contributed by atoms with Gasteiger partial charge in [0.1, 0.15) is 0 Å².